The van der Waals surface area contributed by atoms with Crippen LogP contribution >= 0.6 is 35.5 Å². The van der Waals surface area contributed by atoms with Gasteiger partial charge in [0.2, 0.25) is 5.13 Å². The molecule has 7 nitrogen and oxygen atoms in total. The van der Waals surface area contributed by atoms with Crippen LogP contribution in [0.4, 0.5) is 5.13 Å². The molecule has 148 valence electrons. The molecule has 1 N–H and O–H groups in total. The van der Waals surface area contributed by atoms with E-state index < -0.39 is 0 Å². The first-order chi connectivity index (χ1) is 12.3. The SMILES string of the molecule is CCNC(=NCCC1CCCO1)N1CCN(c2nc(CC)ns2)CC1.I. The minimum atomic E-state index is 0. The number of nitrogens with zero attached hydrogens (tertiary/aromatic N) is 5. The third kappa shape index (κ3) is 5.91. The summed E-state index contributed by atoms with van der Waals surface area (Å²) in [5.41, 5.74) is 0. The predicted molar refractivity (Wildman–Crippen MR) is 118 cm³/mol. The van der Waals surface area contributed by atoms with Crippen LogP contribution in [0.3, 0.4) is 0 Å². The molecule has 2 aliphatic heterocycles. The van der Waals surface area contributed by atoms with Crippen LogP contribution in [-0.2, 0) is 11.2 Å². The second kappa shape index (κ2) is 11.2. The number of rotatable bonds is 6. The first-order valence-electron chi connectivity index (χ1n) is 9.52. The first-order valence-corrected chi connectivity index (χ1v) is 10.3. The number of aromatic nitrogens is 2. The second-order valence-electron chi connectivity index (χ2n) is 6.48. The molecule has 3 rings (SSSR count). The fraction of sp³-hybridized carbons (Fsp3) is 0.824. The third-order valence-electron chi connectivity index (χ3n) is 4.69. The van der Waals surface area contributed by atoms with Gasteiger partial charge in [-0.15, -0.1) is 24.0 Å². The average Bonchev–Trinajstić information content (AvgIpc) is 3.33. The molecule has 1 atom stereocenters. The van der Waals surface area contributed by atoms with E-state index >= 15 is 0 Å². The van der Waals surface area contributed by atoms with Gasteiger partial charge in [-0.25, -0.2) is 4.98 Å². The van der Waals surface area contributed by atoms with Gasteiger partial charge in [-0.3, -0.25) is 4.99 Å². The van der Waals surface area contributed by atoms with Crippen molar-refractivity contribution in [2.24, 2.45) is 4.99 Å². The van der Waals surface area contributed by atoms with Crippen molar-refractivity contribution in [1.82, 2.24) is 19.6 Å². The highest BCUT2D eigenvalue weighted by atomic mass is 127. The minimum absolute atomic E-state index is 0. The Hall–Kier alpha value is -0.680. The van der Waals surface area contributed by atoms with Crippen LogP contribution in [-0.4, -0.2) is 72.2 Å². The Bertz CT molecular complexity index is 555. The Labute approximate surface area is 177 Å². The van der Waals surface area contributed by atoms with E-state index in [4.69, 9.17) is 9.73 Å². The molecule has 1 unspecified atom stereocenters. The number of piperazine rings is 1. The highest BCUT2D eigenvalue weighted by molar-refractivity contribution is 14.0. The summed E-state index contributed by atoms with van der Waals surface area (Å²) in [6.07, 6.45) is 4.72. The molecule has 0 aromatic carbocycles. The minimum Gasteiger partial charge on any atom is -0.378 e. The van der Waals surface area contributed by atoms with Crippen molar-refractivity contribution in [3.8, 4) is 0 Å². The number of hydrogen-bond acceptors (Lipinski definition) is 6. The smallest absolute Gasteiger partial charge is 0.205 e. The normalized spacial score (nSPS) is 21.0. The lowest BCUT2D eigenvalue weighted by Crippen LogP contribution is -2.52. The maximum atomic E-state index is 5.69. The number of hydrogen-bond donors (Lipinski definition) is 1. The van der Waals surface area contributed by atoms with E-state index in [2.05, 4.69) is 38.3 Å². The summed E-state index contributed by atoms with van der Waals surface area (Å²) in [5.74, 6) is 1.98. The van der Waals surface area contributed by atoms with Gasteiger partial charge >= 0.3 is 0 Å². The van der Waals surface area contributed by atoms with Crippen molar-refractivity contribution in [2.75, 3.05) is 50.8 Å². The summed E-state index contributed by atoms with van der Waals surface area (Å²) in [5, 5.41) is 4.49. The number of anilines is 1. The molecular formula is C17H31IN6OS. The van der Waals surface area contributed by atoms with E-state index in [0.717, 1.165) is 75.6 Å². The molecule has 3 heterocycles. The zero-order valence-corrected chi connectivity index (χ0v) is 19.0. The molecule has 2 fully saturated rings. The topological polar surface area (TPSA) is 65.9 Å². The molecule has 0 aliphatic carbocycles. The summed E-state index contributed by atoms with van der Waals surface area (Å²) < 4.78 is 10.1. The van der Waals surface area contributed by atoms with Gasteiger partial charge in [-0.1, -0.05) is 6.92 Å². The van der Waals surface area contributed by atoms with Crippen molar-refractivity contribution in [2.45, 2.75) is 45.6 Å². The van der Waals surface area contributed by atoms with Crippen molar-refractivity contribution in [1.29, 1.82) is 0 Å². The summed E-state index contributed by atoms with van der Waals surface area (Å²) in [7, 11) is 0. The molecule has 0 radical (unpaired) electrons. The molecular weight excluding hydrogens is 463 g/mol. The Balaban J connectivity index is 0.00000243. The predicted octanol–water partition coefficient (Wildman–Crippen LogP) is 2.38. The average molecular weight is 494 g/mol. The lowest BCUT2D eigenvalue weighted by Gasteiger charge is -2.36. The van der Waals surface area contributed by atoms with Gasteiger partial charge in [0.05, 0.1) is 6.10 Å². The fourth-order valence-corrected chi connectivity index (χ4v) is 4.04. The fourth-order valence-electron chi connectivity index (χ4n) is 3.24. The highest BCUT2D eigenvalue weighted by Gasteiger charge is 2.22. The van der Waals surface area contributed by atoms with Crippen LogP contribution in [0.5, 0.6) is 0 Å². The molecule has 0 saturated carbocycles. The largest absolute Gasteiger partial charge is 0.378 e. The quantitative estimate of drug-likeness (QED) is 0.372. The molecule has 26 heavy (non-hydrogen) atoms. The van der Waals surface area contributed by atoms with Gasteiger partial charge in [-0.05, 0) is 26.2 Å². The van der Waals surface area contributed by atoms with Crippen LogP contribution in [0.25, 0.3) is 0 Å². The number of ether oxygens (including phenoxy) is 1. The summed E-state index contributed by atoms with van der Waals surface area (Å²) >= 11 is 1.52. The molecule has 2 saturated heterocycles. The molecule has 0 amide bonds. The van der Waals surface area contributed by atoms with Gasteiger partial charge in [0.15, 0.2) is 5.96 Å². The molecule has 1 aromatic heterocycles. The molecule has 2 aliphatic rings. The Morgan fingerprint density at radius 1 is 1.31 bits per heavy atom. The van der Waals surface area contributed by atoms with Gasteiger partial charge in [0.25, 0.3) is 0 Å². The Morgan fingerprint density at radius 2 is 2.12 bits per heavy atom. The molecule has 0 bridgehead atoms. The summed E-state index contributed by atoms with van der Waals surface area (Å²) in [6, 6.07) is 0. The van der Waals surface area contributed by atoms with E-state index in [1.54, 1.807) is 0 Å². The van der Waals surface area contributed by atoms with Crippen LogP contribution in [0.2, 0.25) is 0 Å². The van der Waals surface area contributed by atoms with Gasteiger partial charge in [0, 0.05) is 63.8 Å². The Kier molecular flexibility index (Phi) is 9.34. The van der Waals surface area contributed by atoms with E-state index in [1.807, 2.05) is 0 Å². The standard InChI is InChI=1S/C17H30N6OS.HI/c1-3-15-20-17(25-21-15)23-11-9-22(10-12-23)16(18-4-2)19-8-7-14-6-5-13-24-14;/h14H,3-13H2,1-2H3,(H,18,19);1H. The lowest BCUT2D eigenvalue weighted by molar-refractivity contribution is 0.106. The van der Waals surface area contributed by atoms with E-state index in [-0.39, 0.29) is 24.0 Å². The van der Waals surface area contributed by atoms with E-state index in [1.165, 1.54) is 24.4 Å². The van der Waals surface area contributed by atoms with Crippen molar-refractivity contribution in [3.63, 3.8) is 0 Å². The van der Waals surface area contributed by atoms with Crippen molar-refractivity contribution >= 4 is 46.6 Å². The number of aliphatic imine (C=N–C) groups is 1. The van der Waals surface area contributed by atoms with Crippen molar-refractivity contribution in [3.05, 3.63) is 5.82 Å². The number of halogens is 1. The number of nitrogens with one attached hydrogen (secondary N) is 1. The number of guanidine groups is 1. The zero-order valence-electron chi connectivity index (χ0n) is 15.8. The molecule has 1 aromatic rings. The van der Waals surface area contributed by atoms with Crippen LogP contribution in [0.1, 0.15) is 38.9 Å². The van der Waals surface area contributed by atoms with Gasteiger partial charge in [-0.2, -0.15) is 4.37 Å². The van der Waals surface area contributed by atoms with Gasteiger partial charge < -0.3 is 19.9 Å². The highest BCUT2D eigenvalue weighted by Crippen LogP contribution is 2.19. The van der Waals surface area contributed by atoms with Crippen LogP contribution < -0.4 is 10.2 Å². The molecule has 0 spiro atoms. The van der Waals surface area contributed by atoms with Gasteiger partial charge in [0.1, 0.15) is 5.82 Å². The van der Waals surface area contributed by atoms with E-state index in [9.17, 15) is 0 Å². The maximum absolute atomic E-state index is 5.69. The zero-order chi connectivity index (χ0) is 17.5. The van der Waals surface area contributed by atoms with E-state index in [0.29, 0.717) is 6.10 Å². The maximum Gasteiger partial charge on any atom is 0.205 e. The third-order valence-corrected chi connectivity index (χ3v) is 5.51. The summed E-state index contributed by atoms with van der Waals surface area (Å²) in [4.78, 5) is 14.1. The molecule has 9 heteroatoms. The number of aryl methyl sites for hydroxylation is 1. The van der Waals surface area contributed by atoms with Crippen molar-refractivity contribution < 1.29 is 4.74 Å². The summed E-state index contributed by atoms with van der Waals surface area (Å²) in [6.45, 7) is 10.7. The monoisotopic (exact) mass is 494 g/mol. The van der Waals surface area contributed by atoms with Crippen LogP contribution in [0, 0.1) is 0 Å². The second-order valence-corrected chi connectivity index (χ2v) is 7.21. The first kappa shape index (κ1) is 21.6. The lowest BCUT2D eigenvalue weighted by atomic mass is 10.2. The Morgan fingerprint density at radius 3 is 2.73 bits per heavy atom. The van der Waals surface area contributed by atoms with Crippen LogP contribution in [0.15, 0.2) is 4.99 Å².